The van der Waals surface area contributed by atoms with Gasteiger partial charge in [-0.15, -0.1) is 0 Å². The molecule has 0 bridgehead atoms. The Bertz CT molecular complexity index is 679. The Kier molecular flexibility index (Phi) is 4.47. The first-order chi connectivity index (χ1) is 9.42. The van der Waals surface area contributed by atoms with Crippen LogP contribution in [0.2, 0.25) is 0 Å². The minimum Gasteiger partial charge on any atom is -0.464 e. The van der Waals surface area contributed by atoms with Crippen molar-refractivity contribution in [2.45, 2.75) is 6.04 Å². The molecule has 6 heteroatoms. The molecule has 1 aromatic heterocycles. The molecule has 0 fully saturated rings. The number of rotatable bonds is 6. The molecule has 110 valence electrons. The molecule has 1 unspecified atom stereocenters. The van der Waals surface area contributed by atoms with Gasteiger partial charge in [0.2, 0.25) is 0 Å². The molecule has 0 aliphatic rings. The molecule has 0 saturated heterocycles. The summed E-state index contributed by atoms with van der Waals surface area (Å²) in [7, 11) is -1.10. The van der Waals surface area contributed by atoms with Crippen molar-refractivity contribution in [3.63, 3.8) is 0 Å². The van der Waals surface area contributed by atoms with E-state index in [0.717, 1.165) is 16.5 Å². The van der Waals surface area contributed by atoms with Crippen LogP contribution in [0.5, 0.6) is 0 Å². The zero-order chi connectivity index (χ0) is 14.8. The lowest BCUT2D eigenvalue weighted by Crippen LogP contribution is -2.33. The van der Waals surface area contributed by atoms with Gasteiger partial charge >= 0.3 is 0 Å². The first-order valence-corrected chi connectivity index (χ1v) is 8.52. The van der Waals surface area contributed by atoms with E-state index in [0.29, 0.717) is 13.1 Å². The van der Waals surface area contributed by atoms with Crippen LogP contribution in [-0.2, 0) is 9.84 Å². The van der Waals surface area contributed by atoms with Gasteiger partial charge in [0.05, 0.1) is 18.1 Å². The molecule has 0 amide bonds. The van der Waals surface area contributed by atoms with E-state index in [2.05, 4.69) is 0 Å². The number of hydrogen-bond acceptors (Lipinski definition) is 5. The quantitative estimate of drug-likeness (QED) is 0.872. The van der Waals surface area contributed by atoms with Gasteiger partial charge in [-0.3, -0.25) is 4.90 Å². The lowest BCUT2D eigenvalue weighted by atomic mass is 10.0. The minimum atomic E-state index is -2.98. The molecular weight excluding hydrogens is 276 g/mol. The lowest BCUT2D eigenvalue weighted by molar-refractivity contribution is 0.264. The topological polar surface area (TPSA) is 76.5 Å². The van der Waals surface area contributed by atoms with Crippen LogP contribution >= 0.6 is 0 Å². The SMILES string of the molecule is CN(CCS(C)(=O)=O)C(CN)c1coc2ccccc12. The van der Waals surface area contributed by atoms with Crippen LogP contribution in [0.1, 0.15) is 11.6 Å². The lowest BCUT2D eigenvalue weighted by Gasteiger charge is -2.26. The fourth-order valence-electron chi connectivity index (χ4n) is 2.27. The number of para-hydroxylation sites is 1. The van der Waals surface area contributed by atoms with Gasteiger partial charge in [0.15, 0.2) is 0 Å². The molecule has 1 atom stereocenters. The number of furan rings is 1. The zero-order valence-electron chi connectivity index (χ0n) is 11.7. The van der Waals surface area contributed by atoms with Crippen molar-refractivity contribution in [1.29, 1.82) is 0 Å². The maximum Gasteiger partial charge on any atom is 0.148 e. The minimum absolute atomic E-state index is 0.0552. The van der Waals surface area contributed by atoms with Crippen molar-refractivity contribution in [1.82, 2.24) is 4.90 Å². The van der Waals surface area contributed by atoms with E-state index in [1.54, 1.807) is 6.26 Å². The first kappa shape index (κ1) is 15.0. The fourth-order valence-corrected chi connectivity index (χ4v) is 2.89. The number of fused-ring (bicyclic) bond motifs is 1. The molecule has 2 aromatic rings. The van der Waals surface area contributed by atoms with E-state index in [1.807, 2.05) is 36.2 Å². The standard InChI is InChI=1S/C14H20N2O3S/c1-16(7-8-20(2,17)18)13(9-15)12-10-19-14-6-4-3-5-11(12)14/h3-6,10,13H,7-9,15H2,1-2H3. The summed E-state index contributed by atoms with van der Waals surface area (Å²) in [6.07, 6.45) is 2.95. The van der Waals surface area contributed by atoms with Crippen LogP contribution in [0.3, 0.4) is 0 Å². The Balaban J connectivity index is 2.23. The average Bonchev–Trinajstić information content (AvgIpc) is 2.81. The van der Waals surface area contributed by atoms with Gasteiger partial charge in [0.25, 0.3) is 0 Å². The van der Waals surface area contributed by atoms with Crippen molar-refractivity contribution in [3.05, 3.63) is 36.1 Å². The molecule has 0 aliphatic heterocycles. The fraction of sp³-hybridized carbons (Fsp3) is 0.429. The van der Waals surface area contributed by atoms with Gasteiger partial charge in [-0.2, -0.15) is 0 Å². The Hall–Kier alpha value is -1.37. The largest absolute Gasteiger partial charge is 0.464 e. The molecule has 5 nitrogen and oxygen atoms in total. The van der Waals surface area contributed by atoms with Crippen molar-refractivity contribution >= 4 is 20.8 Å². The Morgan fingerprint density at radius 1 is 1.35 bits per heavy atom. The molecule has 2 N–H and O–H groups in total. The van der Waals surface area contributed by atoms with Crippen molar-refractivity contribution in [2.75, 3.05) is 32.1 Å². The summed E-state index contributed by atoms with van der Waals surface area (Å²) in [5, 5.41) is 1.02. The second-order valence-electron chi connectivity index (χ2n) is 5.05. The van der Waals surface area contributed by atoms with Crippen molar-refractivity contribution < 1.29 is 12.8 Å². The third kappa shape index (κ3) is 3.39. The second kappa shape index (κ2) is 5.95. The van der Waals surface area contributed by atoms with Gasteiger partial charge in [-0.05, 0) is 13.1 Å². The van der Waals surface area contributed by atoms with Crippen molar-refractivity contribution in [2.24, 2.45) is 5.73 Å². The summed E-state index contributed by atoms with van der Waals surface area (Å²) in [5.74, 6) is 0.121. The van der Waals surface area contributed by atoms with Crippen LogP contribution in [0.25, 0.3) is 11.0 Å². The summed E-state index contributed by atoms with van der Waals surface area (Å²) in [6.45, 7) is 0.851. The molecule has 1 aromatic carbocycles. The van der Waals surface area contributed by atoms with E-state index in [4.69, 9.17) is 10.2 Å². The number of nitrogens with two attached hydrogens (primary N) is 1. The van der Waals surface area contributed by atoms with Crippen molar-refractivity contribution in [3.8, 4) is 0 Å². The van der Waals surface area contributed by atoms with E-state index >= 15 is 0 Å². The summed E-state index contributed by atoms with van der Waals surface area (Å²) in [4.78, 5) is 1.96. The number of nitrogens with zero attached hydrogens (tertiary/aromatic N) is 1. The van der Waals surface area contributed by atoms with Gasteiger partial charge in [-0.25, -0.2) is 8.42 Å². The highest BCUT2D eigenvalue weighted by atomic mass is 32.2. The highest BCUT2D eigenvalue weighted by Crippen LogP contribution is 2.28. The van der Waals surface area contributed by atoms with Gasteiger partial charge in [-0.1, -0.05) is 18.2 Å². The smallest absolute Gasteiger partial charge is 0.148 e. The van der Waals surface area contributed by atoms with E-state index in [-0.39, 0.29) is 11.8 Å². The van der Waals surface area contributed by atoms with E-state index in [9.17, 15) is 8.42 Å². The predicted octanol–water partition coefficient (Wildman–Crippen LogP) is 1.41. The second-order valence-corrected chi connectivity index (χ2v) is 7.31. The first-order valence-electron chi connectivity index (χ1n) is 6.46. The molecular formula is C14H20N2O3S. The number of likely N-dealkylation sites (N-methyl/N-ethyl adjacent to an activating group) is 1. The van der Waals surface area contributed by atoms with Gasteiger partial charge < -0.3 is 10.2 Å². The van der Waals surface area contributed by atoms with Crippen LogP contribution in [0, 0.1) is 0 Å². The molecule has 0 saturated carbocycles. The number of benzene rings is 1. The zero-order valence-corrected chi connectivity index (χ0v) is 12.6. The average molecular weight is 296 g/mol. The predicted molar refractivity (Wildman–Crippen MR) is 80.4 cm³/mol. The summed E-state index contributed by atoms with van der Waals surface area (Å²) >= 11 is 0. The monoisotopic (exact) mass is 296 g/mol. The molecule has 1 heterocycles. The summed E-state index contributed by atoms with van der Waals surface area (Å²) in [6, 6.07) is 7.70. The Morgan fingerprint density at radius 3 is 2.70 bits per heavy atom. The number of hydrogen-bond donors (Lipinski definition) is 1. The third-order valence-corrected chi connectivity index (χ3v) is 4.36. The van der Waals surface area contributed by atoms with Crippen LogP contribution in [-0.4, -0.2) is 45.5 Å². The maximum atomic E-state index is 11.3. The molecule has 2 rings (SSSR count). The summed E-state index contributed by atoms with van der Waals surface area (Å²) < 4.78 is 28.1. The van der Waals surface area contributed by atoms with Crippen LogP contribution in [0.4, 0.5) is 0 Å². The highest BCUT2D eigenvalue weighted by Gasteiger charge is 2.20. The number of sulfone groups is 1. The van der Waals surface area contributed by atoms with Crippen LogP contribution < -0.4 is 5.73 Å². The van der Waals surface area contributed by atoms with Crippen LogP contribution in [0.15, 0.2) is 34.9 Å². The third-order valence-electron chi connectivity index (χ3n) is 3.44. The normalized spacial score (nSPS) is 14.0. The van der Waals surface area contributed by atoms with E-state index < -0.39 is 9.84 Å². The molecule has 0 radical (unpaired) electrons. The summed E-state index contributed by atoms with van der Waals surface area (Å²) in [5.41, 5.74) is 7.68. The van der Waals surface area contributed by atoms with E-state index in [1.165, 1.54) is 6.26 Å². The Labute approximate surface area is 119 Å². The molecule has 0 spiro atoms. The van der Waals surface area contributed by atoms with Gasteiger partial charge in [0.1, 0.15) is 15.4 Å². The molecule has 0 aliphatic carbocycles. The highest BCUT2D eigenvalue weighted by molar-refractivity contribution is 7.90. The van der Waals surface area contributed by atoms with Gasteiger partial charge in [0, 0.05) is 30.3 Å². The Morgan fingerprint density at radius 2 is 2.05 bits per heavy atom. The molecule has 20 heavy (non-hydrogen) atoms. The maximum absolute atomic E-state index is 11.3.